The highest BCUT2D eigenvalue weighted by atomic mass is 35.5. The van der Waals surface area contributed by atoms with E-state index in [1.165, 1.54) is 13.2 Å². The lowest BCUT2D eigenvalue weighted by Crippen LogP contribution is -2.31. The summed E-state index contributed by atoms with van der Waals surface area (Å²) in [6.45, 7) is 0.632. The second-order valence-corrected chi connectivity index (χ2v) is 4.53. The first-order valence-electron chi connectivity index (χ1n) is 5.86. The lowest BCUT2D eigenvalue weighted by molar-refractivity contribution is -0.129. The van der Waals surface area contributed by atoms with E-state index in [2.05, 4.69) is 0 Å². The van der Waals surface area contributed by atoms with E-state index in [-0.39, 0.29) is 23.6 Å². The monoisotopic (exact) mass is 271 g/mol. The van der Waals surface area contributed by atoms with Crippen molar-refractivity contribution in [2.24, 2.45) is 0 Å². The Morgan fingerprint density at radius 1 is 1.61 bits per heavy atom. The summed E-state index contributed by atoms with van der Waals surface area (Å²) in [4.78, 5) is 13.3. The number of amides is 1. The molecule has 0 bridgehead atoms. The quantitative estimate of drug-likeness (QED) is 0.791. The van der Waals surface area contributed by atoms with Crippen molar-refractivity contribution in [3.05, 3.63) is 29.6 Å². The van der Waals surface area contributed by atoms with Crippen LogP contribution in [0.1, 0.15) is 24.4 Å². The molecule has 1 aliphatic rings. The summed E-state index contributed by atoms with van der Waals surface area (Å²) < 4.78 is 19.0. The predicted molar refractivity (Wildman–Crippen MR) is 67.4 cm³/mol. The minimum absolute atomic E-state index is 0.0674. The number of rotatable bonds is 3. The van der Waals surface area contributed by atoms with Crippen molar-refractivity contribution >= 4 is 17.5 Å². The van der Waals surface area contributed by atoms with E-state index in [4.69, 9.17) is 16.3 Å². The minimum atomic E-state index is -0.310. The molecule has 1 aliphatic heterocycles. The number of benzene rings is 1. The zero-order valence-electron chi connectivity index (χ0n) is 10.2. The van der Waals surface area contributed by atoms with Crippen molar-refractivity contribution in [3.8, 4) is 5.75 Å². The molecule has 3 nitrogen and oxygen atoms in total. The SMILES string of the molecule is COc1ccc(F)c(C2CCCN2C(=O)CCl)c1. The molecule has 2 rings (SSSR count). The first-order valence-corrected chi connectivity index (χ1v) is 6.39. The summed E-state index contributed by atoms with van der Waals surface area (Å²) in [5, 5.41) is 0. The van der Waals surface area contributed by atoms with E-state index < -0.39 is 0 Å². The molecule has 0 aliphatic carbocycles. The third kappa shape index (κ3) is 2.43. The normalized spacial score (nSPS) is 19.1. The largest absolute Gasteiger partial charge is 0.497 e. The highest BCUT2D eigenvalue weighted by Gasteiger charge is 2.31. The molecule has 1 heterocycles. The number of ether oxygens (including phenoxy) is 1. The highest BCUT2D eigenvalue weighted by molar-refractivity contribution is 6.27. The molecule has 0 N–H and O–H groups in total. The van der Waals surface area contributed by atoms with Crippen molar-refractivity contribution < 1.29 is 13.9 Å². The van der Waals surface area contributed by atoms with Crippen molar-refractivity contribution in [1.29, 1.82) is 0 Å². The van der Waals surface area contributed by atoms with Crippen LogP contribution in [0.4, 0.5) is 4.39 Å². The number of nitrogens with zero attached hydrogens (tertiary/aromatic N) is 1. The van der Waals surface area contributed by atoms with Gasteiger partial charge in [-0.05, 0) is 31.0 Å². The fourth-order valence-electron chi connectivity index (χ4n) is 2.37. The smallest absolute Gasteiger partial charge is 0.238 e. The van der Waals surface area contributed by atoms with Gasteiger partial charge < -0.3 is 9.64 Å². The Kier molecular flexibility index (Phi) is 4.07. The summed E-state index contributed by atoms with van der Waals surface area (Å²) in [5.41, 5.74) is 0.505. The van der Waals surface area contributed by atoms with E-state index in [9.17, 15) is 9.18 Å². The van der Waals surface area contributed by atoms with Gasteiger partial charge in [0.05, 0.1) is 13.2 Å². The molecule has 0 radical (unpaired) electrons. The standard InChI is InChI=1S/C13H15ClFNO2/c1-18-9-4-5-11(15)10(7-9)12-3-2-6-16(12)13(17)8-14/h4-5,7,12H,2-3,6,8H2,1H3. The number of carbonyl (C=O) groups is 1. The van der Waals surface area contributed by atoms with Crippen LogP contribution in [0, 0.1) is 5.82 Å². The summed E-state index contributed by atoms with van der Waals surface area (Å²) >= 11 is 5.57. The van der Waals surface area contributed by atoms with E-state index in [1.807, 2.05) is 0 Å². The van der Waals surface area contributed by atoms with Crippen molar-refractivity contribution in [3.63, 3.8) is 0 Å². The zero-order chi connectivity index (χ0) is 13.1. The van der Waals surface area contributed by atoms with Crippen LogP contribution in [-0.4, -0.2) is 30.3 Å². The maximum atomic E-state index is 13.9. The van der Waals surface area contributed by atoms with Gasteiger partial charge in [-0.15, -0.1) is 11.6 Å². The van der Waals surface area contributed by atoms with E-state index in [1.54, 1.807) is 17.0 Å². The Labute approximate surface area is 110 Å². The minimum Gasteiger partial charge on any atom is -0.497 e. The van der Waals surface area contributed by atoms with Gasteiger partial charge in [-0.2, -0.15) is 0 Å². The first-order chi connectivity index (χ1) is 8.67. The molecule has 1 aromatic rings. The molecule has 18 heavy (non-hydrogen) atoms. The average molecular weight is 272 g/mol. The maximum absolute atomic E-state index is 13.9. The Morgan fingerprint density at radius 2 is 2.39 bits per heavy atom. The van der Waals surface area contributed by atoms with Crippen LogP contribution in [0.25, 0.3) is 0 Å². The molecule has 1 unspecified atom stereocenters. The molecule has 0 aromatic heterocycles. The van der Waals surface area contributed by atoms with Crippen LogP contribution in [0.15, 0.2) is 18.2 Å². The molecule has 5 heteroatoms. The molecule has 0 spiro atoms. The summed E-state index contributed by atoms with van der Waals surface area (Å²) in [6, 6.07) is 4.36. The zero-order valence-corrected chi connectivity index (χ0v) is 10.9. The Hall–Kier alpha value is -1.29. The fourth-order valence-corrected chi connectivity index (χ4v) is 2.52. The van der Waals surface area contributed by atoms with E-state index in [0.717, 1.165) is 12.8 Å². The second-order valence-electron chi connectivity index (χ2n) is 4.27. The number of methoxy groups -OCH3 is 1. The van der Waals surface area contributed by atoms with E-state index >= 15 is 0 Å². The van der Waals surface area contributed by atoms with Gasteiger partial charge in [-0.3, -0.25) is 4.79 Å². The van der Waals surface area contributed by atoms with Gasteiger partial charge in [0.25, 0.3) is 0 Å². The summed E-state index contributed by atoms with van der Waals surface area (Å²) in [7, 11) is 1.54. The summed E-state index contributed by atoms with van der Waals surface area (Å²) in [6.07, 6.45) is 1.62. The van der Waals surface area contributed by atoms with Crippen LogP contribution >= 0.6 is 11.6 Å². The predicted octanol–water partition coefficient (Wildman–Crippen LogP) is 2.74. The number of carbonyl (C=O) groups excluding carboxylic acids is 1. The molecule has 1 fully saturated rings. The summed E-state index contributed by atoms with van der Waals surface area (Å²) in [5.74, 6) is 0.0651. The molecule has 98 valence electrons. The van der Waals surface area contributed by atoms with Gasteiger partial charge >= 0.3 is 0 Å². The van der Waals surface area contributed by atoms with Crippen LogP contribution < -0.4 is 4.74 Å². The topological polar surface area (TPSA) is 29.5 Å². The van der Waals surface area contributed by atoms with Crippen LogP contribution in [0.3, 0.4) is 0 Å². The molecule has 1 aromatic carbocycles. The number of hydrogen-bond acceptors (Lipinski definition) is 2. The second kappa shape index (κ2) is 5.57. The molecule has 0 saturated carbocycles. The van der Waals surface area contributed by atoms with Crippen molar-refractivity contribution in [1.82, 2.24) is 4.90 Å². The number of likely N-dealkylation sites (tertiary alicyclic amines) is 1. The lowest BCUT2D eigenvalue weighted by atomic mass is 10.0. The molecular formula is C13H15ClFNO2. The Morgan fingerprint density at radius 3 is 3.06 bits per heavy atom. The van der Waals surface area contributed by atoms with Crippen molar-refractivity contribution in [2.75, 3.05) is 19.5 Å². The lowest BCUT2D eigenvalue weighted by Gasteiger charge is -2.25. The Bertz CT molecular complexity index is 453. The van der Waals surface area contributed by atoms with Crippen LogP contribution in [0.5, 0.6) is 5.75 Å². The van der Waals surface area contributed by atoms with Gasteiger partial charge in [-0.25, -0.2) is 4.39 Å². The molecule has 1 saturated heterocycles. The average Bonchev–Trinajstić information content (AvgIpc) is 2.87. The number of halogens is 2. The van der Waals surface area contributed by atoms with Crippen molar-refractivity contribution in [2.45, 2.75) is 18.9 Å². The van der Waals surface area contributed by atoms with Gasteiger partial charge in [0.1, 0.15) is 17.4 Å². The molecular weight excluding hydrogens is 257 g/mol. The third-order valence-electron chi connectivity index (χ3n) is 3.25. The highest BCUT2D eigenvalue weighted by Crippen LogP contribution is 2.35. The maximum Gasteiger partial charge on any atom is 0.238 e. The number of alkyl halides is 1. The third-order valence-corrected chi connectivity index (χ3v) is 3.48. The van der Waals surface area contributed by atoms with E-state index in [0.29, 0.717) is 17.9 Å². The fraction of sp³-hybridized carbons (Fsp3) is 0.462. The Balaban J connectivity index is 2.32. The molecule has 1 atom stereocenters. The molecule has 1 amide bonds. The van der Waals surface area contributed by atoms with Gasteiger partial charge in [0.2, 0.25) is 5.91 Å². The number of hydrogen-bond donors (Lipinski definition) is 0. The van der Waals surface area contributed by atoms with Crippen LogP contribution in [0.2, 0.25) is 0 Å². The van der Waals surface area contributed by atoms with Gasteiger partial charge in [0, 0.05) is 12.1 Å². The van der Waals surface area contributed by atoms with Gasteiger partial charge in [0.15, 0.2) is 0 Å². The first kappa shape index (κ1) is 13.1. The van der Waals surface area contributed by atoms with Gasteiger partial charge in [-0.1, -0.05) is 0 Å². The van der Waals surface area contributed by atoms with Crippen LogP contribution in [-0.2, 0) is 4.79 Å².